The van der Waals surface area contributed by atoms with Crippen molar-refractivity contribution >= 4 is 51.5 Å². The van der Waals surface area contributed by atoms with Gasteiger partial charge in [0.25, 0.3) is 0 Å². The fraction of sp³-hybridized carbons (Fsp3) is 0.250. The molecule has 30 heavy (non-hydrogen) atoms. The molecule has 0 aliphatic heterocycles. The molecule has 2 amide bonds. The van der Waals surface area contributed by atoms with E-state index < -0.39 is 11.8 Å². The normalized spacial score (nSPS) is 13.9. The SMILES string of the molecule is O=C(Nc1ncc(Sc2ncc[nH]2)s1)C(=O)Nc1ccccc1C(=O)C1CCCC1. The van der Waals surface area contributed by atoms with Crippen LogP contribution in [0.1, 0.15) is 36.0 Å². The number of ketones is 1. The molecule has 154 valence electrons. The van der Waals surface area contributed by atoms with E-state index in [1.54, 1.807) is 42.9 Å². The Morgan fingerprint density at radius 2 is 1.83 bits per heavy atom. The van der Waals surface area contributed by atoms with Crippen molar-refractivity contribution in [2.24, 2.45) is 5.92 Å². The number of benzene rings is 1. The molecule has 0 spiro atoms. The molecular formula is C20H19N5O3S2. The number of Topliss-reactive ketones (excluding diaryl/α,β-unsaturated/α-hetero) is 1. The van der Waals surface area contributed by atoms with Crippen molar-refractivity contribution in [1.29, 1.82) is 0 Å². The van der Waals surface area contributed by atoms with Crippen LogP contribution >= 0.6 is 23.1 Å². The van der Waals surface area contributed by atoms with Gasteiger partial charge in [0.05, 0.1) is 16.1 Å². The number of amides is 2. The summed E-state index contributed by atoms with van der Waals surface area (Å²) >= 11 is 2.60. The predicted octanol–water partition coefficient (Wildman–Crippen LogP) is 3.97. The number of carbonyl (C=O) groups is 3. The molecule has 4 rings (SSSR count). The number of nitrogens with one attached hydrogen (secondary N) is 3. The molecule has 2 heterocycles. The van der Waals surface area contributed by atoms with E-state index in [2.05, 4.69) is 25.6 Å². The fourth-order valence-corrected chi connectivity index (χ4v) is 5.04. The van der Waals surface area contributed by atoms with Gasteiger partial charge in [-0.15, -0.1) is 0 Å². The van der Waals surface area contributed by atoms with Crippen LogP contribution in [0.15, 0.2) is 52.2 Å². The number of aromatic nitrogens is 3. The van der Waals surface area contributed by atoms with Gasteiger partial charge in [-0.2, -0.15) is 0 Å². The second-order valence-electron chi connectivity index (χ2n) is 6.78. The molecule has 0 unspecified atom stereocenters. The Labute approximate surface area is 180 Å². The van der Waals surface area contributed by atoms with Gasteiger partial charge >= 0.3 is 11.8 Å². The third-order valence-electron chi connectivity index (χ3n) is 4.75. The minimum absolute atomic E-state index is 0.0164. The molecule has 1 aliphatic carbocycles. The zero-order valence-electron chi connectivity index (χ0n) is 15.9. The van der Waals surface area contributed by atoms with Crippen molar-refractivity contribution in [2.45, 2.75) is 35.0 Å². The van der Waals surface area contributed by atoms with E-state index in [1.165, 1.54) is 23.1 Å². The summed E-state index contributed by atoms with van der Waals surface area (Å²) in [6.07, 6.45) is 8.77. The predicted molar refractivity (Wildman–Crippen MR) is 115 cm³/mol. The molecule has 1 aromatic carbocycles. The molecule has 2 aromatic heterocycles. The Morgan fingerprint density at radius 3 is 2.60 bits per heavy atom. The Balaban J connectivity index is 1.39. The first kappa shape index (κ1) is 20.3. The minimum Gasteiger partial charge on any atom is -0.339 e. The first-order chi connectivity index (χ1) is 14.6. The molecule has 10 heteroatoms. The first-order valence-electron chi connectivity index (χ1n) is 9.49. The molecule has 1 saturated carbocycles. The quantitative estimate of drug-likeness (QED) is 0.394. The van der Waals surface area contributed by atoms with Gasteiger partial charge in [0.15, 0.2) is 16.1 Å². The highest BCUT2D eigenvalue weighted by atomic mass is 32.2. The summed E-state index contributed by atoms with van der Waals surface area (Å²) in [5.74, 6) is -1.69. The van der Waals surface area contributed by atoms with E-state index >= 15 is 0 Å². The summed E-state index contributed by atoms with van der Waals surface area (Å²) in [7, 11) is 0. The van der Waals surface area contributed by atoms with Crippen molar-refractivity contribution in [3.8, 4) is 0 Å². The number of nitrogens with zero attached hydrogens (tertiary/aromatic N) is 2. The van der Waals surface area contributed by atoms with Crippen molar-refractivity contribution in [2.75, 3.05) is 10.6 Å². The molecule has 3 aromatic rings. The lowest BCUT2D eigenvalue weighted by atomic mass is 9.95. The summed E-state index contributed by atoms with van der Waals surface area (Å²) in [6, 6.07) is 6.80. The van der Waals surface area contributed by atoms with Crippen molar-refractivity contribution in [1.82, 2.24) is 15.0 Å². The summed E-state index contributed by atoms with van der Waals surface area (Å²) in [5.41, 5.74) is 0.791. The Hall–Kier alpha value is -2.98. The van der Waals surface area contributed by atoms with Gasteiger partial charge in [-0.1, -0.05) is 36.3 Å². The maximum Gasteiger partial charge on any atom is 0.315 e. The Morgan fingerprint density at radius 1 is 1.07 bits per heavy atom. The molecule has 0 bridgehead atoms. The number of H-pyrrole nitrogens is 1. The van der Waals surface area contributed by atoms with Gasteiger partial charge in [-0.25, -0.2) is 9.97 Å². The average Bonchev–Trinajstić information content (AvgIpc) is 3.52. The van der Waals surface area contributed by atoms with Crippen LogP contribution in [0.3, 0.4) is 0 Å². The van der Waals surface area contributed by atoms with Crippen molar-refractivity contribution in [3.05, 3.63) is 48.4 Å². The van der Waals surface area contributed by atoms with Gasteiger partial charge in [-0.05, 0) is 36.7 Å². The van der Waals surface area contributed by atoms with Gasteiger partial charge in [0, 0.05) is 23.9 Å². The summed E-state index contributed by atoms with van der Waals surface area (Å²) in [5, 5.41) is 6.07. The Kier molecular flexibility index (Phi) is 6.24. The van der Waals surface area contributed by atoms with E-state index in [0.29, 0.717) is 21.5 Å². The molecule has 0 saturated heterocycles. The maximum atomic E-state index is 12.8. The monoisotopic (exact) mass is 441 g/mol. The molecule has 0 radical (unpaired) electrons. The smallest absolute Gasteiger partial charge is 0.315 e. The van der Waals surface area contributed by atoms with Crippen LogP contribution in [-0.2, 0) is 9.59 Å². The van der Waals surface area contributed by atoms with Crippen LogP contribution in [0.2, 0.25) is 0 Å². The molecule has 1 fully saturated rings. The minimum atomic E-state index is -0.850. The lowest BCUT2D eigenvalue weighted by molar-refractivity contribution is -0.133. The van der Waals surface area contributed by atoms with E-state index in [1.807, 2.05) is 0 Å². The van der Waals surface area contributed by atoms with E-state index in [9.17, 15) is 14.4 Å². The number of carbonyl (C=O) groups excluding carboxylic acids is 3. The van der Waals surface area contributed by atoms with Gasteiger partial charge in [0.1, 0.15) is 0 Å². The number of anilines is 2. The van der Waals surface area contributed by atoms with E-state index in [4.69, 9.17) is 0 Å². The topological polar surface area (TPSA) is 117 Å². The van der Waals surface area contributed by atoms with Crippen LogP contribution in [0.25, 0.3) is 0 Å². The second kappa shape index (κ2) is 9.23. The number of aromatic amines is 1. The highest BCUT2D eigenvalue weighted by Crippen LogP contribution is 2.32. The molecule has 3 N–H and O–H groups in total. The van der Waals surface area contributed by atoms with Gasteiger partial charge in [0.2, 0.25) is 0 Å². The highest BCUT2D eigenvalue weighted by molar-refractivity contribution is 8.01. The van der Waals surface area contributed by atoms with Gasteiger partial charge in [-0.3, -0.25) is 19.7 Å². The van der Waals surface area contributed by atoms with Crippen LogP contribution in [0, 0.1) is 5.92 Å². The third-order valence-corrected chi connectivity index (χ3v) is 6.68. The molecular weight excluding hydrogens is 422 g/mol. The highest BCUT2D eigenvalue weighted by Gasteiger charge is 2.26. The standard InChI is InChI=1S/C20H19N5O3S2/c26-16(12-5-1-2-6-12)13-7-3-4-8-14(13)24-17(27)18(28)25-20-23-11-15(30-20)29-19-21-9-10-22-19/h3-4,7-12H,1-2,5-6H2,(H,21,22)(H,24,27)(H,23,25,28). The largest absolute Gasteiger partial charge is 0.339 e. The van der Waals surface area contributed by atoms with Crippen molar-refractivity contribution in [3.63, 3.8) is 0 Å². The Bertz CT molecular complexity index is 1060. The number of hydrogen-bond acceptors (Lipinski definition) is 7. The second-order valence-corrected chi connectivity index (χ2v) is 9.10. The fourth-order valence-electron chi connectivity index (χ4n) is 3.31. The summed E-state index contributed by atoms with van der Waals surface area (Å²) in [6.45, 7) is 0. The maximum absolute atomic E-state index is 12.8. The van der Waals surface area contributed by atoms with E-state index in [-0.39, 0.29) is 11.7 Å². The van der Waals surface area contributed by atoms with Crippen LogP contribution in [-0.4, -0.2) is 32.5 Å². The van der Waals surface area contributed by atoms with Crippen LogP contribution < -0.4 is 10.6 Å². The average molecular weight is 442 g/mol. The zero-order chi connectivity index (χ0) is 20.9. The van der Waals surface area contributed by atoms with Crippen LogP contribution in [0.4, 0.5) is 10.8 Å². The van der Waals surface area contributed by atoms with Crippen molar-refractivity contribution < 1.29 is 14.4 Å². The third kappa shape index (κ3) is 4.77. The molecule has 1 aliphatic rings. The number of hydrogen-bond donors (Lipinski definition) is 3. The molecule has 0 atom stereocenters. The summed E-state index contributed by atoms with van der Waals surface area (Å²) in [4.78, 5) is 48.7. The van der Waals surface area contributed by atoms with E-state index in [0.717, 1.165) is 29.9 Å². The van der Waals surface area contributed by atoms with Gasteiger partial charge < -0.3 is 10.3 Å². The number of thiazole rings is 1. The lowest BCUT2D eigenvalue weighted by Crippen LogP contribution is -2.30. The number of rotatable bonds is 6. The first-order valence-corrected chi connectivity index (χ1v) is 11.1. The molecule has 8 nitrogen and oxygen atoms in total. The zero-order valence-corrected chi connectivity index (χ0v) is 17.5. The summed E-state index contributed by atoms with van der Waals surface area (Å²) < 4.78 is 0.813. The number of imidazole rings is 1. The van der Waals surface area contributed by atoms with Crippen LogP contribution in [0.5, 0.6) is 0 Å². The lowest BCUT2D eigenvalue weighted by Gasteiger charge is -2.13. The number of para-hydroxylation sites is 1.